The van der Waals surface area contributed by atoms with Gasteiger partial charge in [-0.15, -0.1) is 0 Å². The fraction of sp³-hybridized carbons (Fsp3) is 0.600. The van der Waals surface area contributed by atoms with E-state index in [2.05, 4.69) is 26.1 Å². The summed E-state index contributed by atoms with van der Waals surface area (Å²) in [6, 6.07) is 4.42. The Bertz CT molecular complexity index is 427. The number of benzene rings is 1. The van der Waals surface area contributed by atoms with E-state index in [0.717, 1.165) is 0 Å². The third kappa shape index (κ3) is 6.37. The summed E-state index contributed by atoms with van der Waals surface area (Å²) < 4.78 is 13.6. The van der Waals surface area contributed by atoms with E-state index < -0.39 is 5.60 Å². The highest BCUT2D eigenvalue weighted by molar-refractivity contribution is 6.30. The molecule has 0 bridgehead atoms. The van der Waals surface area contributed by atoms with Crippen LogP contribution in [-0.2, 0) is 6.42 Å². The van der Waals surface area contributed by atoms with Crippen molar-refractivity contribution in [1.82, 2.24) is 5.32 Å². The molecule has 0 aliphatic carbocycles. The maximum absolute atomic E-state index is 13.6. The monoisotopic (exact) mass is 287 g/mol. The fourth-order valence-electron chi connectivity index (χ4n) is 1.88. The van der Waals surface area contributed by atoms with Crippen molar-refractivity contribution in [3.05, 3.63) is 34.6 Å². The predicted molar refractivity (Wildman–Crippen MR) is 78.1 cm³/mol. The highest BCUT2D eigenvalue weighted by Crippen LogP contribution is 2.22. The van der Waals surface area contributed by atoms with Gasteiger partial charge in [0, 0.05) is 17.0 Å². The average Bonchev–Trinajstić information content (AvgIpc) is 2.20. The zero-order chi connectivity index (χ0) is 14.7. The molecule has 1 aromatic rings. The number of aliphatic hydroxyl groups is 1. The molecule has 4 heteroatoms. The van der Waals surface area contributed by atoms with Crippen LogP contribution in [0.25, 0.3) is 0 Å². The molecule has 1 atom stereocenters. The number of nitrogens with one attached hydrogen (secondary N) is 1. The number of halogens is 2. The Hall–Kier alpha value is -0.640. The first-order valence-corrected chi connectivity index (χ1v) is 6.88. The second-order valence-corrected chi connectivity index (χ2v) is 6.77. The molecule has 1 unspecified atom stereocenters. The second-order valence-electron chi connectivity index (χ2n) is 6.34. The Balaban J connectivity index is 2.61. The Morgan fingerprint density at radius 1 is 1.26 bits per heavy atom. The zero-order valence-electron chi connectivity index (χ0n) is 12.1. The summed E-state index contributed by atoms with van der Waals surface area (Å²) in [5.74, 6) is -0.326. The average molecular weight is 288 g/mol. The summed E-state index contributed by atoms with van der Waals surface area (Å²) in [6.45, 7) is 8.60. The summed E-state index contributed by atoms with van der Waals surface area (Å²) in [5.41, 5.74) is -0.491. The minimum Gasteiger partial charge on any atom is -0.390 e. The molecular formula is C15H23ClFNO. The van der Waals surface area contributed by atoms with E-state index in [9.17, 15) is 9.50 Å². The van der Waals surface area contributed by atoms with Crippen LogP contribution in [0.3, 0.4) is 0 Å². The molecule has 1 aromatic carbocycles. The first-order valence-electron chi connectivity index (χ1n) is 6.50. The van der Waals surface area contributed by atoms with Crippen LogP contribution in [-0.4, -0.2) is 22.8 Å². The Labute approximate surface area is 120 Å². The minimum absolute atomic E-state index is 0.0113. The molecule has 0 saturated carbocycles. The lowest BCUT2D eigenvalue weighted by molar-refractivity contribution is 0.0491. The molecule has 0 fully saturated rings. The van der Waals surface area contributed by atoms with Gasteiger partial charge in [-0.05, 0) is 64.4 Å². The summed E-state index contributed by atoms with van der Waals surface area (Å²) in [5, 5.41) is 14.1. The van der Waals surface area contributed by atoms with E-state index in [1.807, 2.05) is 0 Å². The first kappa shape index (κ1) is 16.4. The standard InChI is InChI=1S/C15H23ClFNO/c1-14(2,3)18-8-7-15(4,19)10-11-9-12(16)5-6-13(11)17/h5-6,9,18-19H,7-8,10H2,1-4H3. The van der Waals surface area contributed by atoms with Crippen LogP contribution in [0.15, 0.2) is 18.2 Å². The Morgan fingerprint density at radius 3 is 2.47 bits per heavy atom. The Kier molecular flexibility index (Phi) is 5.36. The van der Waals surface area contributed by atoms with Crippen LogP contribution < -0.4 is 5.32 Å². The number of hydrogen-bond donors (Lipinski definition) is 2. The Morgan fingerprint density at radius 2 is 1.89 bits per heavy atom. The third-order valence-corrected chi connectivity index (χ3v) is 3.13. The van der Waals surface area contributed by atoms with Gasteiger partial charge in [0.05, 0.1) is 5.60 Å². The van der Waals surface area contributed by atoms with Crippen molar-refractivity contribution in [2.45, 2.75) is 51.7 Å². The van der Waals surface area contributed by atoms with Gasteiger partial charge in [0.1, 0.15) is 5.82 Å². The first-order chi connectivity index (χ1) is 8.59. The summed E-state index contributed by atoms with van der Waals surface area (Å²) in [4.78, 5) is 0. The third-order valence-electron chi connectivity index (χ3n) is 2.90. The van der Waals surface area contributed by atoms with Gasteiger partial charge in [-0.2, -0.15) is 0 Å². The van der Waals surface area contributed by atoms with Crippen molar-refractivity contribution >= 4 is 11.6 Å². The molecule has 0 amide bonds. The van der Waals surface area contributed by atoms with Gasteiger partial charge in [-0.1, -0.05) is 11.6 Å². The summed E-state index contributed by atoms with van der Waals surface area (Å²) in [7, 11) is 0. The molecule has 2 N–H and O–H groups in total. The van der Waals surface area contributed by atoms with Gasteiger partial charge in [-0.25, -0.2) is 4.39 Å². The summed E-state index contributed by atoms with van der Waals surface area (Å²) in [6.07, 6.45) is 0.807. The SMILES string of the molecule is CC(O)(CCNC(C)(C)C)Cc1cc(Cl)ccc1F. The van der Waals surface area contributed by atoms with Gasteiger partial charge in [0.25, 0.3) is 0 Å². The quantitative estimate of drug-likeness (QED) is 0.868. The molecule has 0 aliphatic heterocycles. The topological polar surface area (TPSA) is 32.3 Å². The molecule has 0 saturated heterocycles. The lowest BCUT2D eigenvalue weighted by atomic mass is 9.92. The van der Waals surface area contributed by atoms with Crippen molar-refractivity contribution in [1.29, 1.82) is 0 Å². The maximum atomic E-state index is 13.6. The van der Waals surface area contributed by atoms with Crippen LogP contribution >= 0.6 is 11.6 Å². The van der Waals surface area contributed by atoms with Crippen molar-refractivity contribution in [3.8, 4) is 0 Å². The van der Waals surface area contributed by atoms with E-state index in [0.29, 0.717) is 23.6 Å². The fourth-order valence-corrected chi connectivity index (χ4v) is 2.08. The number of rotatable bonds is 5. The normalized spacial score (nSPS) is 15.3. The van der Waals surface area contributed by atoms with Crippen LogP contribution in [0.1, 0.15) is 39.7 Å². The van der Waals surface area contributed by atoms with Gasteiger partial charge >= 0.3 is 0 Å². The van der Waals surface area contributed by atoms with Gasteiger partial charge in [-0.3, -0.25) is 0 Å². The van der Waals surface area contributed by atoms with Gasteiger partial charge < -0.3 is 10.4 Å². The highest BCUT2D eigenvalue weighted by atomic mass is 35.5. The molecular weight excluding hydrogens is 265 g/mol. The van der Waals surface area contributed by atoms with E-state index >= 15 is 0 Å². The molecule has 19 heavy (non-hydrogen) atoms. The van der Waals surface area contributed by atoms with Crippen LogP contribution in [0, 0.1) is 5.82 Å². The molecule has 0 radical (unpaired) electrons. The highest BCUT2D eigenvalue weighted by Gasteiger charge is 2.23. The van der Waals surface area contributed by atoms with Crippen LogP contribution in [0.2, 0.25) is 5.02 Å². The van der Waals surface area contributed by atoms with Crippen molar-refractivity contribution < 1.29 is 9.50 Å². The van der Waals surface area contributed by atoms with Crippen molar-refractivity contribution in [2.75, 3.05) is 6.54 Å². The van der Waals surface area contributed by atoms with E-state index in [4.69, 9.17) is 11.6 Å². The molecule has 108 valence electrons. The van der Waals surface area contributed by atoms with E-state index in [1.165, 1.54) is 12.1 Å². The van der Waals surface area contributed by atoms with Crippen molar-refractivity contribution in [3.63, 3.8) is 0 Å². The number of hydrogen-bond acceptors (Lipinski definition) is 2. The molecule has 1 rings (SSSR count). The van der Waals surface area contributed by atoms with Gasteiger partial charge in [0.15, 0.2) is 0 Å². The minimum atomic E-state index is -0.955. The largest absolute Gasteiger partial charge is 0.390 e. The predicted octanol–water partition coefficient (Wildman–Crippen LogP) is 3.55. The second kappa shape index (κ2) is 6.21. The molecule has 0 aliphatic rings. The van der Waals surface area contributed by atoms with E-state index in [1.54, 1.807) is 13.0 Å². The maximum Gasteiger partial charge on any atom is 0.126 e. The molecule has 2 nitrogen and oxygen atoms in total. The molecule has 0 spiro atoms. The lowest BCUT2D eigenvalue weighted by Crippen LogP contribution is -2.40. The van der Waals surface area contributed by atoms with Gasteiger partial charge in [0.2, 0.25) is 0 Å². The lowest BCUT2D eigenvalue weighted by Gasteiger charge is -2.27. The summed E-state index contributed by atoms with van der Waals surface area (Å²) >= 11 is 5.85. The van der Waals surface area contributed by atoms with E-state index in [-0.39, 0.29) is 17.8 Å². The molecule has 0 aromatic heterocycles. The van der Waals surface area contributed by atoms with Crippen molar-refractivity contribution in [2.24, 2.45) is 0 Å². The zero-order valence-corrected chi connectivity index (χ0v) is 12.8. The smallest absolute Gasteiger partial charge is 0.126 e. The molecule has 0 heterocycles. The van der Waals surface area contributed by atoms with Crippen LogP contribution in [0.4, 0.5) is 4.39 Å². The van der Waals surface area contributed by atoms with Crippen LogP contribution in [0.5, 0.6) is 0 Å².